The SMILES string of the molecule is C=CC(CC)(C(/C=C(\C)C(C)(C)c1cc(C)c(N(C=O)C(=O)/C=C\C)c(C)c1)=C/C)C1(C)CC(C)(C)c2cc(C(C)(C/C=C\C)C(C)(C)c3cc(C)c(N4C(=O)C=CC4=O)c(C)c3)ccc21. The van der Waals surface area contributed by atoms with Crippen LogP contribution in [0.2, 0.25) is 0 Å². The van der Waals surface area contributed by atoms with Gasteiger partial charge in [-0.05, 0) is 147 Å². The van der Waals surface area contributed by atoms with Gasteiger partial charge < -0.3 is 0 Å². The van der Waals surface area contributed by atoms with Crippen molar-refractivity contribution in [3.63, 3.8) is 0 Å². The first kappa shape index (κ1) is 51.4. The molecule has 0 spiro atoms. The zero-order valence-electron chi connectivity index (χ0n) is 43.2. The van der Waals surface area contributed by atoms with Crippen LogP contribution in [0.3, 0.4) is 0 Å². The molecule has 0 saturated carbocycles. The second kappa shape index (κ2) is 18.6. The summed E-state index contributed by atoms with van der Waals surface area (Å²) in [5, 5.41) is 0. The minimum absolute atomic E-state index is 0.149. The molecule has 0 fully saturated rings. The number of benzene rings is 3. The molecular weight excluding hydrogens is 813 g/mol. The van der Waals surface area contributed by atoms with Crippen LogP contribution in [0.15, 0.2) is 115 Å². The Labute approximate surface area is 397 Å². The molecule has 3 unspecified atom stereocenters. The summed E-state index contributed by atoms with van der Waals surface area (Å²) in [6.45, 7) is 41.8. The molecule has 6 nitrogen and oxygen atoms in total. The lowest BCUT2D eigenvalue weighted by atomic mass is 9.55. The van der Waals surface area contributed by atoms with E-state index in [1.54, 1.807) is 13.0 Å². The Hall–Kier alpha value is -5.62. The van der Waals surface area contributed by atoms with E-state index in [4.69, 9.17) is 0 Å². The molecule has 3 aromatic rings. The van der Waals surface area contributed by atoms with E-state index >= 15 is 0 Å². The quantitative estimate of drug-likeness (QED) is 0.0472. The lowest BCUT2D eigenvalue weighted by Crippen LogP contribution is -2.43. The first-order chi connectivity index (χ1) is 30.7. The fraction of sp³-hybridized carbons (Fsp3) is 0.433. The van der Waals surface area contributed by atoms with Gasteiger partial charge in [0.2, 0.25) is 6.41 Å². The standard InChI is InChI=1S/C60H76N2O4/c1-19-24-30-58(17,57(15,16)47-33-41(8)54(42(9)34-47)62-51(65)28-29-52(62)66)45-26-27-48-49(36-45)55(11,12)37-59(48,18)60(22-4,23-5)44(21-3)35-43(10)56(13,14)46-31-39(6)53(40(7)32-46)61(38-63)50(64)25-20-2/h19-22,24-29,31-36,38H,4,23,30,37H2,1-3,5-18H3/b24-19-,25-20-,43-35+,44-21+. The molecule has 2 aliphatic rings. The maximum Gasteiger partial charge on any atom is 0.258 e. The van der Waals surface area contributed by atoms with E-state index in [2.05, 4.69) is 163 Å². The monoisotopic (exact) mass is 889 g/mol. The van der Waals surface area contributed by atoms with E-state index < -0.39 is 5.41 Å². The van der Waals surface area contributed by atoms with E-state index in [0.29, 0.717) is 17.8 Å². The maximum atomic E-state index is 12.9. The van der Waals surface area contributed by atoms with Crippen molar-refractivity contribution in [1.29, 1.82) is 0 Å². The number of hydrogen-bond donors (Lipinski definition) is 0. The summed E-state index contributed by atoms with van der Waals surface area (Å²) in [6, 6.07) is 15.9. The third-order valence-corrected chi connectivity index (χ3v) is 16.3. The average Bonchev–Trinajstić information content (AvgIpc) is 3.69. The van der Waals surface area contributed by atoms with Crippen LogP contribution in [0, 0.1) is 33.1 Å². The zero-order chi connectivity index (χ0) is 49.5. The smallest absolute Gasteiger partial charge is 0.258 e. The fourth-order valence-corrected chi connectivity index (χ4v) is 11.7. The number of carbonyl (C=O) groups excluding carboxylic acids is 4. The predicted octanol–water partition coefficient (Wildman–Crippen LogP) is 14.0. The maximum absolute atomic E-state index is 12.9. The number of allylic oxidation sites excluding steroid dienone is 8. The molecule has 3 aromatic carbocycles. The number of imide groups is 2. The first-order valence-electron chi connectivity index (χ1n) is 23.7. The van der Waals surface area contributed by atoms with Gasteiger partial charge in [-0.2, -0.15) is 0 Å². The van der Waals surface area contributed by atoms with Crippen molar-refractivity contribution in [2.24, 2.45) is 5.41 Å². The minimum atomic E-state index is -0.408. The van der Waals surface area contributed by atoms with Crippen LogP contribution in [0.1, 0.15) is 159 Å². The minimum Gasteiger partial charge on any atom is -0.278 e. The third kappa shape index (κ3) is 8.28. The number of rotatable bonds is 16. The van der Waals surface area contributed by atoms with Crippen molar-refractivity contribution in [2.75, 3.05) is 9.80 Å². The second-order valence-corrected chi connectivity index (χ2v) is 21.2. The van der Waals surface area contributed by atoms with E-state index in [9.17, 15) is 19.2 Å². The highest BCUT2D eigenvalue weighted by Crippen LogP contribution is 2.63. The van der Waals surface area contributed by atoms with Gasteiger partial charge >= 0.3 is 0 Å². The number of amides is 4. The highest BCUT2D eigenvalue weighted by molar-refractivity contribution is 6.28. The molecule has 66 heavy (non-hydrogen) atoms. The van der Waals surface area contributed by atoms with Crippen LogP contribution in [0.5, 0.6) is 0 Å². The molecule has 0 N–H and O–H groups in total. The van der Waals surface area contributed by atoms with Crippen molar-refractivity contribution in [3.05, 3.63) is 165 Å². The summed E-state index contributed by atoms with van der Waals surface area (Å²) in [4.78, 5) is 53.1. The van der Waals surface area contributed by atoms with Crippen molar-refractivity contribution in [3.8, 4) is 0 Å². The number of nitrogens with zero attached hydrogens (tertiary/aromatic N) is 2. The Bertz CT molecular complexity index is 2560. The van der Waals surface area contributed by atoms with Gasteiger partial charge in [0.15, 0.2) is 0 Å². The van der Waals surface area contributed by atoms with Gasteiger partial charge in [-0.3, -0.25) is 19.2 Å². The Morgan fingerprint density at radius 1 is 0.803 bits per heavy atom. The largest absolute Gasteiger partial charge is 0.278 e. The Morgan fingerprint density at radius 2 is 1.36 bits per heavy atom. The number of fused-ring (bicyclic) bond motifs is 1. The van der Waals surface area contributed by atoms with Crippen LogP contribution >= 0.6 is 0 Å². The van der Waals surface area contributed by atoms with Gasteiger partial charge in [-0.15, -0.1) is 6.58 Å². The fourth-order valence-electron chi connectivity index (χ4n) is 11.7. The zero-order valence-corrected chi connectivity index (χ0v) is 43.2. The van der Waals surface area contributed by atoms with E-state index in [1.165, 1.54) is 55.9 Å². The Kier molecular flexibility index (Phi) is 14.5. The molecule has 0 radical (unpaired) electrons. The molecule has 0 saturated heterocycles. The lowest BCUT2D eigenvalue weighted by molar-refractivity contribution is -0.120. The van der Waals surface area contributed by atoms with Gasteiger partial charge in [0.1, 0.15) is 0 Å². The summed E-state index contributed by atoms with van der Waals surface area (Å²) in [7, 11) is 0. The highest BCUT2D eigenvalue weighted by Gasteiger charge is 2.56. The van der Waals surface area contributed by atoms with Crippen LogP contribution in [-0.2, 0) is 46.3 Å². The Balaban J connectivity index is 1.62. The van der Waals surface area contributed by atoms with Gasteiger partial charge in [0, 0.05) is 33.8 Å². The van der Waals surface area contributed by atoms with Crippen LogP contribution in [0.25, 0.3) is 0 Å². The molecular formula is C60H76N2O4. The average molecular weight is 889 g/mol. The molecule has 1 heterocycles. The first-order valence-corrected chi connectivity index (χ1v) is 23.7. The van der Waals surface area contributed by atoms with Crippen molar-refractivity contribution in [1.82, 2.24) is 0 Å². The molecule has 4 amide bonds. The number of aryl methyl sites for hydroxylation is 4. The number of hydrogen-bond acceptors (Lipinski definition) is 4. The van der Waals surface area contributed by atoms with Crippen molar-refractivity contribution >= 4 is 35.5 Å². The second-order valence-electron chi connectivity index (χ2n) is 21.2. The molecule has 0 bridgehead atoms. The molecule has 6 heteroatoms. The highest BCUT2D eigenvalue weighted by atomic mass is 16.2. The predicted molar refractivity (Wildman–Crippen MR) is 277 cm³/mol. The van der Waals surface area contributed by atoms with Gasteiger partial charge in [0.25, 0.3) is 17.7 Å². The molecule has 350 valence electrons. The Morgan fingerprint density at radius 3 is 1.85 bits per heavy atom. The van der Waals surface area contributed by atoms with Crippen molar-refractivity contribution in [2.45, 2.75) is 164 Å². The topological polar surface area (TPSA) is 74.8 Å². The normalized spacial score (nSPS) is 19.7. The van der Waals surface area contributed by atoms with Gasteiger partial charge in [-0.25, -0.2) is 9.80 Å². The molecule has 1 aliphatic carbocycles. The number of anilines is 2. The summed E-state index contributed by atoms with van der Waals surface area (Å²) in [5.74, 6) is -0.975. The molecule has 0 aromatic heterocycles. The summed E-state index contributed by atoms with van der Waals surface area (Å²) in [6.07, 6.45) is 20.3. The lowest BCUT2D eigenvalue weighted by Gasteiger charge is -2.48. The summed E-state index contributed by atoms with van der Waals surface area (Å²) >= 11 is 0. The van der Waals surface area contributed by atoms with Gasteiger partial charge in [-0.1, -0.05) is 147 Å². The number of carbonyl (C=O) groups is 4. The van der Waals surface area contributed by atoms with Crippen LogP contribution in [-0.4, -0.2) is 24.1 Å². The molecule has 3 atom stereocenters. The molecule has 1 aliphatic heterocycles. The van der Waals surface area contributed by atoms with E-state index in [1.807, 2.05) is 27.7 Å². The summed E-state index contributed by atoms with van der Waals surface area (Å²) in [5.41, 5.74) is 11.6. The van der Waals surface area contributed by atoms with E-state index in [-0.39, 0.29) is 44.8 Å². The molecule has 5 rings (SSSR count). The van der Waals surface area contributed by atoms with Crippen molar-refractivity contribution < 1.29 is 19.2 Å². The van der Waals surface area contributed by atoms with Crippen LogP contribution < -0.4 is 9.80 Å². The summed E-state index contributed by atoms with van der Waals surface area (Å²) < 4.78 is 0. The van der Waals surface area contributed by atoms with Gasteiger partial charge in [0.05, 0.1) is 11.4 Å². The third-order valence-electron chi connectivity index (χ3n) is 16.3. The van der Waals surface area contributed by atoms with Crippen LogP contribution in [0.4, 0.5) is 11.4 Å². The van der Waals surface area contributed by atoms with E-state index in [0.717, 1.165) is 52.6 Å².